The van der Waals surface area contributed by atoms with E-state index in [1.165, 1.54) is 27.1 Å². The molecule has 5 heterocycles. The van der Waals surface area contributed by atoms with Crippen LogP contribution in [-0.2, 0) is 0 Å². The molecule has 0 bridgehead atoms. The zero-order valence-corrected chi connectivity index (χ0v) is 29.7. The van der Waals surface area contributed by atoms with Gasteiger partial charge in [0.05, 0.1) is 39.5 Å². The summed E-state index contributed by atoms with van der Waals surface area (Å²) in [4.78, 5) is 19.7. The molecule has 0 saturated heterocycles. The van der Waals surface area contributed by atoms with Crippen molar-refractivity contribution < 1.29 is 4.74 Å². The predicted octanol–water partition coefficient (Wildman–Crippen LogP) is 12.2. The summed E-state index contributed by atoms with van der Waals surface area (Å²) >= 11 is 0. The van der Waals surface area contributed by atoms with Crippen LogP contribution in [0.3, 0.4) is 0 Å². The van der Waals surface area contributed by atoms with E-state index in [2.05, 4.69) is 137 Å². The van der Waals surface area contributed by atoms with E-state index in [1.807, 2.05) is 36.4 Å². The fourth-order valence-corrected chi connectivity index (χ4v) is 8.20. The van der Waals surface area contributed by atoms with E-state index in [-0.39, 0.29) is 6.10 Å². The van der Waals surface area contributed by atoms with Gasteiger partial charge in [-0.3, -0.25) is 9.97 Å². The molecular formula is C50H32N4O. The van der Waals surface area contributed by atoms with E-state index < -0.39 is 0 Å². The van der Waals surface area contributed by atoms with Gasteiger partial charge < -0.3 is 4.74 Å². The molecule has 258 valence electrons. The standard InChI is InChI=1S/C50H32N4O/c1-2-12-36-34(11-1)27-41(38-14-4-3-13-37(36)38)49-48-40-15-5-6-18-47(40)55-50(48)39-24-23-33(28-44(39)54-49)31-19-21-32(22-20-31)35-29-45(42-16-7-9-25-51-42)53-46(30-35)43-17-8-10-26-52-43/h1-17,19-30,47H,18H2. The fourth-order valence-electron chi connectivity index (χ4n) is 8.20. The molecule has 0 saturated carbocycles. The Balaban J connectivity index is 1.04. The van der Waals surface area contributed by atoms with Crippen molar-refractivity contribution in [2.45, 2.75) is 12.5 Å². The minimum Gasteiger partial charge on any atom is -0.484 e. The van der Waals surface area contributed by atoms with Gasteiger partial charge in [-0.25, -0.2) is 9.97 Å². The number of aromatic nitrogens is 4. The van der Waals surface area contributed by atoms with E-state index in [0.717, 1.165) is 84.9 Å². The Morgan fingerprint density at radius 1 is 0.509 bits per heavy atom. The Morgan fingerprint density at radius 3 is 1.89 bits per heavy atom. The Bertz CT molecular complexity index is 2970. The minimum atomic E-state index is -0.0188. The summed E-state index contributed by atoms with van der Waals surface area (Å²) in [5.74, 6) is 0.921. The molecule has 0 fully saturated rings. The van der Waals surface area contributed by atoms with Gasteiger partial charge in [-0.15, -0.1) is 0 Å². The van der Waals surface area contributed by atoms with Gasteiger partial charge in [0.2, 0.25) is 0 Å². The largest absolute Gasteiger partial charge is 0.484 e. The molecular weight excluding hydrogens is 673 g/mol. The van der Waals surface area contributed by atoms with Crippen molar-refractivity contribution in [3.8, 4) is 62.0 Å². The van der Waals surface area contributed by atoms with Crippen LogP contribution in [0.4, 0.5) is 0 Å². The lowest BCUT2D eigenvalue weighted by Gasteiger charge is -2.16. The van der Waals surface area contributed by atoms with Crippen LogP contribution >= 0.6 is 0 Å². The summed E-state index contributed by atoms with van der Waals surface area (Å²) in [7, 11) is 0. The number of ether oxygens (including phenoxy) is 1. The van der Waals surface area contributed by atoms with Crippen molar-refractivity contribution in [3.63, 3.8) is 0 Å². The molecule has 9 aromatic rings. The first-order chi connectivity index (χ1) is 27.2. The average Bonchev–Trinajstić information content (AvgIpc) is 3.66. The second kappa shape index (κ2) is 12.7. The molecule has 0 radical (unpaired) electrons. The number of hydrogen-bond acceptors (Lipinski definition) is 5. The molecule has 55 heavy (non-hydrogen) atoms. The number of nitrogens with zero attached hydrogens (tertiary/aromatic N) is 4. The van der Waals surface area contributed by atoms with E-state index in [9.17, 15) is 0 Å². The molecule has 4 aromatic heterocycles. The van der Waals surface area contributed by atoms with E-state index in [0.29, 0.717) is 0 Å². The number of benzene rings is 5. The summed E-state index contributed by atoms with van der Waals surface area (Å²) < 4.78 is 6.81. The first-order valence-corrected chi connectivity index (χ1v) is 18.6. The van der Waals surface area contributed by atoms with Gasteiger partial charge in [0.25, 0.3) is 0 Å². The molecule has 1 aliphatic heterocycles. The lowest BCUT2D eigenvalue weighted by atomic mass is 9.89. The Morgan fingerprint density at radius 2 is 1.16 bits per heavy atom. The van der Waals surface area contributed by atoms with Crippen LogP contribution in [0.1, 0.15) is 12.0 Å². The lowest BCUT2D eigenvalue weighted by Crippen LogP contribution is -2.12. The van der Waals surface area contributed by atoms with Crippen LogP contribution in [0, 0.1) is 0 Å². The van der Waals surface area contributed by atoms with Gasteiger partial charge in [0, 0.05) is 35.3 Å². The predicted molar refractivity (Wildman–Crippen MR) is 223 cm³/mol. The number of allylic oxidation sites excluding steroid dienone is 2. The quantitative estimate of drug-likeness (QED) is 0.167. The molecule has 1 unspecified atom stereocenters. The summed E-state index contributed by atoms with van der Waals surface area (Å²) in [6.07, 6.45) is 11.0. The van der Waals surface area contributed by atoms with Crippen LogP contribution in [0.5, 0.6) is 5.75 Å². The average molecular weight is 705 g/mol. The minimum absolute atomic E-state index is 0.0188. The highest BCUT2D eigenvalue weighted by Gasteiger charge is 2.34. The maximum absolute atomic E-state index is 6.81. The van der Waals surface area contributed by atoms with Gasteiger partial charge in [0.1, 0.15) is 11.9 Å². The second-order valence-electron chi connectivity index (χ2n) is 14.1. The van der Waals surface area contributed by atoms with Crippen LogP contribution in [0.15, 0.2) is 176 Å². The molecule has 5 nitrogen and oxygen atoms in total. The molecule has 5 heteroatoms. The molecule has 0 amide bonds. The third-order valence-corrected chi connectivity index (χ3v) is 10.9. The smallest absolute Gasteiger partial charge is 0.139 e. The fraction of sp³-hybridized carbons (Fsp3) is 0.0400. The molecule has 0 spiro atoms. The Kier molecular flexibility index (Phi) is 7.24. The van der Waals surface area contributed by atoms with Crippen molar-refractivity contribution >= 4 is 38.0 Å². The van der Waals surface area contributed by atoms with Gasteiger partial charge in [-0.1, -0.05) is 109 Å². The van der Waals surface area contributed by atoms with Crippen LogP contribution < -0.4 is 4.74 Å². The third kappa shape index (κ3) is 5.32. The van der Waals surface area contributed by atoms with Crippen molar-refractivity contribution in [1.29, 1.82) is 0 Å². The van der Waals surface area contributed by atoms with Crippen LogP contribution in [0.2, 0.25) is 0 Å². The zero-order valence-electron chi connectivity index (χ0n) is 29.7. The number of fused-ring (bicyclic) bond motifs is 8. The molecule has 1 aliphatic carbocycles. The highest BCUT2D eigenvalue weighted by molar-refractivity contribution is 6.15. The summed E-state index contributed by atoms with van der Waals surface area (Å²) in [6, 6.07) is 50.9. The normalized spacial score (nSPS) is 14.5. The van der Waals surface area contributed by atoms with Gasteiger partial charge in [-0.2, -0.15) is 0 Å². The van der Waals surface area contributed by atoms with E-state index >= 15 is 0 Å². The lowest BCUT2D eigenvalue weighted by molar-refractivity contribution is 0.282. The van der Waals surface area contributed by atoms with Gasteiger partial charge >= 0.3 is 0 Å². The van der Waals surface area contributed by atoms with Crippen LogP contribution in [-0.4, -0.2) is 26.0 Å². The maximum atomic E-state index is 6.81. The summed E-state index contributed by atoms with van der Waals surface area (Å²) in [5, 5.41) is 5.88. The monoisotopic (exact) mass is 704 g/mol. The Hall–Kier alpha value is -7.24. The second-order valence-corrected chi connectivity index (χ2v) is 14.1. The van der Waals surface area contributed by atoms with Gasteiger partial charge in [0.15, 0.2) is 0 Å². The summed E-state index contributed by atoms with van der Waals surface area (Å²) in [6.45, 7) is 0. The van der Waals surface area contributed by atoms with E-state index in [1.54, 1.807) is 12.4 Å². The molecule has 11 rings (SSSR count). The maximum Gasteiger partial charge on any atom is 0.139 e. The third-order valence-electron chi connectivity index (χ3n) is 10.9. The number of hydrogen-bond donors (Lipinski definition) is 0. The summed E-state index contributed by atoms with van der Waals surface area (Å²) in [5.41, 5.74) is 12.9. The highest BCUT2D eigenvalue weighted by Crippen LogP contribution is 2.50. The molecule has 0 N–H and O–H groups in total. The highest BCUT2D eigenvalue weighted by atomic mass is 16.5. The topological polar surface area (TPSA) is 60.8 Å². The van der Waals surface area contributed by atoms with Crippen molar-refractivity contribution in [2.24, 2.45) is 0 Å². The van der Waals surface area contributed by atoms with Gasteiger partial charge in [-0.05, 0) is 98.4 Å². The van der Waals surface area contributed by atoms with E-state index in [4.69, 9.17) is 14.7 Å². The van der Waals surface area contributed by atoms with Crippen molar-refractivity contribution in [1.82, 2.24) is 19.9 Å². The molecule has 2 aliphatic rings. The zero-order chi connectivity index (χ0) is 36.3. The van der Waals surface area contributed by atoms with Crippen molar-refractivity contribution in [2.75, 3.05) is 0 Å². The SMILES string of the molecule is C1=CCC2Oc3c(c(-c4cc5ccccc5c5ccccc45)nc4cc(-c5ccc(-c6cc(-c7ccccn7)nc(-c7ccccn7)c6)cc5)ccc34)C2=C1. The number of pyridine rings is 4. The first-order valence-electron chi connectivity index (χ1n) is 18.6. The van der Waals surface area contributed by atoms with Crippen molar-refractivity contribution in [3.05, 3.63) is 182 Å². The molecule has 5 aromatic carbocycles. The Labute approximate surface area is 318 Å². The number of rotatable bonds is 5. The van der Waals surface area contributed by atoms with Crippen LogP contribution in [0.25, 0.3) is 94.3 Å². The first kappa shape index (κ1) is 31.3. The molecule has 1 atom stereocenters.